The number of aromatic nitrogens is 2. The highest BCUT2D eigenvalue weighted by Gasteiger charge is 2.28. The summed E-state index contributed by atoms with van der Waals surface area (Å²) in [5, 5.41) is 6.45. The number of nitrogens with zero attached hydrogens (tertiary/aromatic N) is 2. The molecule has 0 saturated heterocycles. The van der Waals surface area contributed by atoms with Crippen molar-refractivity contribution in [1.82, 2.24) is 9.97 Å². The third-order valence-electron chi connectivity index (χ3n) is 12.4. The lowest BCUT2D eigenvalue weighted by Crippen LogP contribution is -2.18. The van der Waals surface area contributed by atoms with Crippen LogP contribution in [-0.2, 0) is 0 Å². The van der Waals surface area contributed by atoms with Crippen LogP contribution in [0.25, 0.3) is 98.6 Å². The first-order valence-electron chi connectivity index (χ1n) is 21.4. The largest absolute Gasteiger partial charge is 0.374 e. The molecular weight excluding hydrogens is 783 g/mol. The topological polar surface area (TPSA) is 37.8 Å². The molecule has 0 radical (unpaired) electrons. The zero-order valence-electron chi connectivity index (χ0n) is 34.2. The molecule has 0 spiro atoms. The normalized spacial score (nSPS) is 13.0. The van der Waals surface area contributed by atoms with E-state index in [1.165, 1.54) is 75.9 Å². The molecule has 1 atom stereocenters. The molecule has 1 aliphatic rings. The van der Waals surface area contributed by atoms with Crippen LogP contribution in [-0.4, -0.2) is 9.97 Å². The summed E-state index contributed by atoms with van der Waals surface area (Å²) in [4.78, 5) is 10.4. The number of benzene rings is 9. The van der Waals surface area contributed by atoms with Crippen molar-refractivity contribution < 1.29 is 0 Å². The summed E-state index contributed by atoms with van der Waals surface area (Å²) in [5.74, 6) is 0.698. The molecule has 0 amide bonds. The third-order valence-corrected chi connectivity index (χ3v) is 13.6. The van der Waals surface area contributed by atoms with Gasteiger partial charge in [-0.25, -0.2) is 9.97 Å². The predicted molar refractivity (Wildman–Crippen MR) is 265 cm³/mol. The minimum Gasteiger partial charge on any atom is -0.374 e. The van der Waals surface area contributed by atoms with E-state index in [9.17, 15) is 0 Å². The van der Waals surface area contributed by atoms with Crippen LogP contribution < -0.4 is 5.32 Å². The summed E-state index contributed by atoms with van der Waals surface area (Å²) in [6.45, 7) is 0. The molecular formula is C59H39N3S. The standard InChI is InChI=1S/C59H39N3S/c1-4-12-38(13-5-1)40-20-26-43(27-21-40)53-37-54(62-59(61-53)46-30-24-41(25-31-46)39-14-6-2-7-15-39)44-28-22-42(23-29-44)47-32-33-48-49-34-35-51-56(58(49)63-55(48)36-47)50-18-10-11-19-52(50)60-57(51)45-16-8-3-9-17-45/h1-37,57,60H. The number of anilines is 1. The third kappa shape index (κ3) is 6.78. The predicted octanol–water partition coefficient (Wildman–Crippen LogP) is 16.0. The van der Waals surface area contributed by atoms with Crippen LogP contribution in [0.5, 0.6) is 0 Å². The highest BCUT2D eigenvalue weighted by atomic mass is 32.1. The van der Waals surface area contributed by atoms with Gasteiger partial charge in [0.2, 0.25) is 0 Å². The summed E-state index contributed by atoms with van der Waals surface area (Å²) in [7, 11) is 0. The van der Waals surface area contributed by atoms with E-state index in [0.29, 0.717) is 5.82 Å². The van der Waals surface area contributed by atoms with Gasteiger partial charge in [-0.15, -0.1) is 11.3 Å². The SMILES string of the molecule is c1ccc(-c2ccc(-c3cc(-c4ccc(-c5ccc6c(c5)sc5c7c(ccc56)C(c5ccccc5)Nc5ccccc5-7)cc4)nc(-c4ccc(-c5ccccc5)cc4)n3)cc2)cc1. The Bertz CT molecular complexity index is 3330. The molecule has 0 aliphatic carbocycles. The van der Waals surface area contributed by atoms with Gasteiger partial charge in [-0.3, -0.25) is 0 Å². The highest BCUT2D eigenvalue weighted by molar-refractivity contribution is 7.26. The Kier molecular flexibility index (Phi) is 9.09. The van der Waals surface area contributed by atoms with Gasteiger partial charge in [-0.2, -0.15) is 0 Å². The molecule has 2 aromatic heterocycles. The van der Waals surface area contributed by atoms with Crippen LogP contribution in [0, 0.1) is 0 Å². The van der Waals surface area contributed by atoms with Gasteiger partial charge < -0.3 is 5.32 Å². The van der Waals surface area contributed by atoms with Gasteiger partial charge >= 0.3 is 0 Å². The van der Waals surface area contributed by atoms with Crippen molar-refractivity contribution in [3.63, 3.8) is 0 Å². The van der Waals surface area contributed by atoms with Crippen molar-refractivity contribution in [2.24, 2.45) is 0 Å². The molecule has 0 saturated carbocycles. The molecule has 12 rings (SSSR count). The summed E-state index contributed by atoms with van der Waals surface area (Å²) < 4.78 is 2.62. The maximum atomic E-state index is 5.20. The van der Waals surface area contributed by atoms with Crippen molar-refractivity contribution in [3.05, 3.63) is 236 Å². The maximum Gasteiger partial charge on any atom is 0.160 e. The number of rotatable bonds is 7. The van der Waals surface area contributed by atoms with Crippen molar-refractivity contribution in [1.29, 1.82) is 0 Å². The number of hydrogen-bond donors (Lipinski definition) is 1. The fourth-order valence-electron chi connectivity index (χ4n) is 9.13. The summed E-state index contributed by atoms with van der Waals surface area (Å²) >= 11 is 1.90. The highest BCUT2D eigenvalue weighted by Crippen LogP contribution is 2.50. The van der Waals surface area contributed by atoms with Gasteiger partial charge in [0.05, 0.1) is 17.4 Å². The fourth-order valence-corrected chi connectivity index (χ4v) is 10.4. The zero-order chi connectivity index (χ0) is 41.7. The average Bonchev–Trinajstić information content (AvgIpc) is 3.75. The van der Waals surface area contributed by atoms with Gasteiger partial charge in [0, 0.05) is 53.7 Å². The lowest BCUT2D eigenvalue weighted by molar-refractivity contribution is 0.933. The molecule has 0 bridgehead atoms. The Hall–Kier alpha value is -7.92. The second kappa shape index (κ2) is 15.5. The molecule has 1 unspecified atom stereocenters. The number of fused-ring (bicyclic) bond motifs is 7. The monoisotopic (exact) mass is 821 g/mol. The van der Waals surface area contributed by atoms with E-state index in [1.54, 1.807) is 0 Å². The van der Waals surface area contributed by atoms with E-state index in [2.05, 4.69) is 224 Å². The van der Waals surface area contributed by atoms with E-state index in [1.807, 2.05) is 17.4 Å². The Labute approximate surface area is 370 Å². The molecule has 0 fully saturated rings. The number of para-hydroxylation sites is 1. The maximum absolute atomic E-state index is 5.20. The first-order valence-corrected chi connectivity index (χ1v) is 22.2. The molecule has 4 heteroatoms. The van der Waals surface area contributed by atoms with Crippen LogP contribution in [0.4, 0.5) is 5.69 Å². The lowest BCUT2D eigenvalue weighted by Gasteiger charge is -2.30. The first-order chi connectivity index (χ1) is 31.2. The molecule has 1 N–H and O–H groups in total. The van der Waals surface area contributed by atoms with E-state index in [4.69, 9.17) is 9.97 Å². The fraction of sp³-hybridized carbons (Fsp3) is 0.0169. The van der Waals surface area contributed by atoms with E-state index >= 15 is 0 Å². The van der Waals surface area contributed by atoms with Crippen LogP contribution in [0.2, 0.25) is 0 Å². The lowest BCUT2D eigenvalue weighted by atomic mass is 9.85. The van der Waals surface area contributed by atoms with Crippen molar-refractivity contribution in [3.8, 4) is 78.4 Å². The van der Waals surface area contributed by atoms with Crippen molar-refractivity contribution in [2.75, 3.05) is 5.32 Å². The van der Waals surface area contributed by atoms with Crippen LogP contribution in [0.15, 0.2) is 224 Å². The van der Waals surface area contributed by atoms with Gasteiger partial charge in [-0.05, 0) is 62.7 Å². The van der Waals surface area contributed by atoms with E-state index in [-0.39, 0.29) is 6.04 Å². The Balaban J connectivity index is 0.908. The minimum absolute atomic E-state index is 0.0854. The summed E-state index contributed by atoms with van der Waals surface area (Å²) in [5.41, 5.74) is 18.3. The summed E-state index contributed by atoms with van der Waals surface area (Å²) in [6.07, 6.45) is 0. The number of nitrogens with one attached hydrogen (secondary N) is 1. The Morgan fingerprint density at radius 2 is 0.857 bits per heavy atom. The first kappa shape index (κ1) is 36.9. The number of thiophene rings is 1. The second-order valence-electron chi connectivity index (χ2n) is 16.2. The van der Waals surface area contributed by atoms with Crippen LogP contribution in [0.3, 0.4) is 0 Å². The van der Waals surface area contributed by atoms with Gasteiger partial charge in [0.15, 0.2) is 5.82 Å². The zero-order valence-corrected chi connectivity index (χ0v) is 35.1. The molecule has 63 heavy (non-hydrogen) atoms. The molecule has 296 valence electrons. The van der Waals surface area contributed by atoms with E-state index in [0.717, 1.165) is 33.6 Å². The van der Waals surface area contributed by atoms with Crippen LogP contribution >= 0.6 is 11.3 Å². The smallest absolute Gasteiger partial charge is 0.160 e. The molecule has 3 nitrogen and oxygen atoms in total. The summed E-state index contributed by atoms with van der Waals surface area (Å²) in [6, 6.07) is 80.4. The Morgan fingerprint density at radius 1 is 0.381 bits per heavy atom. The minimum atomic E-state index is 0.0854. The molecule has 9 aromatic carbocycles. The molecule has 11 aromatic rings. The quantitative estimate of drug-likeness (QED) is 0.174. The van der Waals surface area contributed by atoms with Gasteiger partial charge in [-0.1, -0.05) is 206 Å². The Morgan fingerprint density at radius 3 is 1.48 bits per heavy atom. The van der Waals surface area contributed by atoms with Crippen molar-refractivity contribution in [2.45, 2.75) is 6.04 Å². The molecule has 1 aliphatic heterocycles. The van der Waals surface area contributed by atoms with E-state index < -0.39 is 0 Å². The van der Waals surface area contributed by atoms with Crippen molar-refractivity contribution >= 4 is 37.2 Å². The van der Waals surface area contributed by atoms with Gasteiger partial charge in [0.1, 0.15) is 0 Å². The second-order valence-corrected chi connectivity index (χ2v) is 17.2. The average molecular weight is 822 g/mol. The number of hydrogen-bond acceptors (Lipinski definition) is 4. The van der Waals surface area contributed by atoms with Crippen LogP contribution in [0.1, 0.15) is 17.2 Å². The van der Waals surface area contributed by atoms with Gasteiger partial charge in [0.25, 0.3) is 0 Å². The molecule has 3 heterocycles.